The van der Waals surface area contributed by atoms with E-state index in [0.29, 0.717) is 32.3 Å². The van der Waals surface area contributed by atoms with Crippen molar-refractivity contribution in [1.29, 1.82) is 0 Å². The zero-order valence-electron chi connectivity index (χ0n) is 16.2. The van der Waals surface area contributed by atoms with Gasteiger partial charge < -0.3 is 25.5 Å². The Kier molecular flexibility index (Phi) is 7.36. The molecule has 13 heteroatoms. The Balaban J connectivity index is 0.00000128. The Bertz CT molecular complexity index is 1800. The number of halogens is 2. The SMILES string of the molecule is O=c1c2ccc(Cl)cc2[nH]c2cc3c(=O)c4c(S(=O)(=O)[O-])cc(Cl)cc4[nH]c3cc12.[Al+3].[OH-].[OH-]. The molecule has 4 N–H and O–H groups in total. The Labute approximate surface area is 205 Å². The van der Waals surface area contributed by atoms with Gasteiger partial charge in [-0.05, 0) is 42.5 Å². The molecule has 2 aromatic heterocycles. The van der Waals surface area contributed by atoms with Crippen LogP contribution in [0.2, 0.25) is 10.0 Å². The number of aromatic nitrogens is 2. The van der Waals surface area contributed by atoms with Crippen LogP contribution in [-0.4, -0.2) is 51.3 Å². The summed E-state index contributed by atoms with van der Waals surface area (Å²) in [5.74, 6) is 0. The largest absolute Gasteiger partial charge is 3.00 e. The van der Waals surface area contributed by atoms with Gasteiger partial charge in [0.25, 0.3) is 0 Å². The minimum Gasteiger partial charge on any atom is -0.870 e. The molecule has 0 aliphatic heterocycles. The molecule has 33 heavy (non-hydrogen) atoms. The first-order chi connectivity index (χ1) is 14.1. The molecule has 5 rings (SSSR count). The second-order valence-electron chi connectivity index (χ2n) is 6.82. The Morgan fingerprint density at radius 2 is 1.21 bits per heavy atom. The predicted molar refractivity (Wildman–Crippen MR) is 125 cm³/mol. The number of fused-ring (bicyclic) bond motifs is 4. The standard InChI is InChI=1S/C20H10Cl2N2O5S.Al.2H2O/c21-8-1-2-10-13(3-8)23-14-7-12-15(6-11(14)19(10)25)24-16-4-9(22)5-17(30(27,28)29)18(16)20(12)26;;;/h1-7H,(H,23,25)(H,24,26)(H,27,28,29);;2*1H2/q;+3;;/p-3. The maximum absolute atomic E-state index is 13.1. The molecule has 0 spiro atoms. The number of hydrogen-bond acceptors (Lipinski definition) is 7. The van der Waals surface area contributed by atoms with Crippen LogP contribution in [0.1, 0.15) is 0 Å². The first-order valence-corrected chi connectivity index (χ1v) is 10.7. The number of pyridine rings is 2. The third-order valence-electron chi connectivity index (χ3n) is 4.98. The maximum Gasteiger partial charge on any atom is 3.00 e. The monoisotopic (exact) mass is 520 g/mol. The van der Waals surface area contributed by atoms with Crippen molar-refractivity contribution in [2.75, 3.05) is 0 Å². The van der Waals surface area contributed by atoms with Crippen LogP contribution in [0, 0.1) is 0 Å². The first kappa shape index (κ1) is 26.8. The van der Waals surface area contributed by atoms with Crippen LogP contribution in [0.15, 0.2) is 56.9 Å². The summed E-state index contributed by atoms with van der Waals surface area (Å²) in [4.78, 5) is 31.4. The quantitative estimate of drug-likeness (QED) is 0.193. The number of rotatable bonds is 1. The van der Waals surface area contributed by atoms with E-state index in [4.69, 9.17) is 23.2 Å². The van der Waals surface area contributed by atoms with Crippen molar-refractivity contribution in [3.63, 3.8) is 0 Å². The summed E-state index contributed by atoms with van der Waals surface area (Å²) >= 11 is 11.9. The zero-order valence-corrected chi connectivity index (χ0v) is 19.7. The van der Waals surface area contributed by atoms with Crippen LogP contribution in [-0.2, 0) is 10.1 Å². The van der Waals surface area contributed by atoms with Crippen LogP contribution in [0.4, 0.5) is 0 Å². The van der Waals surface area contributed by atoms with Gasteiger partial charge in [-0.1, -0.05) is 23.2 Å². The Morgan fingerprint density at radius 1 is 0.697 bits per heavy atom. The molecule has 0 saturated heterocycles. The van der Waals surface area contributed by atoms with Gasteiger partial charge in [0.05, 0.1) is 32.3 Å². The van der Waals surface area contributed by atoms with Gasteiger partial charge in [0.15, 0.2) is 10.9 Å². The molecule has 2 heterocycles. The fourth-order valence-electron chi connectivity index (χ4n) is 3.68. The summed E-state index contributed by atoms with van der Waals surface area (Å²) in [6.07, 6.45) is 0. The number of H-pyrrole nitrogens is 2. The molecule has 0 bridgehead atoms. The summed E-state index contributed by atoms with van der Waals surface area (Å²) in [5.41, 5.74) is 0.317. The second kappa shape index (κ2) is 9.06. The summed E-state index contributed by atoms with van der Waals surface area (Å²) in [5, 5.41) is 0.993. The third kappa shape index (κ3) is 4.26. The van der Waals surface area contributed by atoms with Gasteiger partial charge in [-0.15, -0.1) is 0 Å². The first-order valence-electron chi connectivity index (χ1n) is 8.54. The summed E-state index contributed by atoms with van der Waals surface area (Å²) in [6, 6.07) is 10.1. The fraction of sp³-hybridized carbons (Fsp3) is 0. The van der Waals surface area contributed by atoms with E-state index in [2.05, 4.69) is 9.97 Å². The maximum atomic E-state index is 13.1. The Hall–Kier alpha value is -2.46. The van der Waals surface area contributed by atoms with Gasteiger partial charge in [0, 0.05) is 26.2 Å². The third-order valence-corrected chi connectivity index (χ3v) is 6.29. The predicted octanol–water partition coefficient (Wildman–Crippen LogP) is 3.15. The van der Waals surface area contributed by atoms with Crippen LogP contribution in [0.25, 0.3) is 43.6 Å². The second-order valence-corrected chi connectivity index (χ2v) is 9.04. The molecule has 9 nitrogen and oxygen atoms in total. The van der Waals surface area contributed by atoms with Crippen molar-refractivity contribution in [3.8, 4) is 0 Å². The van der Waals surface area contributed by atoms with E-state index in [0.717, 1.165) is 6.07 Å². The summed E-state index contributed by atoms with van der Waals surface area (Å²) in [7, 11) is -4.95. The molecule has 0 amide bonds. The molecule has 0 unspecified atom stereocenters. The van der Waals surface area contributed by atoms with Gasteiger partial charge in [-0.25, -0.2) is 8.42 Å². The molecular weight excluding hydrogens is 510 g/mol. The van der Waals surface area contributed by atoms with E-state index in [-0.39, 0.29) is 55.1 Å². The molecule has 0 saturated carbocycles. The molecular formula is C20H11AlCl2N2O7S. The van der Waals surface area contributed by atoms with E-state index in [1.54, 1.807) is 18.2 Å². The van der Waals surface area contributed by atoms with Crippen LogP contribution < -0.4 is 10.9 Å². The molecule has 166 valence electrons. The van der Waals surface area contributed by atoms with Crippen molar-refractivity contribution in [1.82, 2.24) is 9.97 Å². The zero-order chi connectivity index (χ0) is 21.4. The molecule has 0 aliphatic carbocycles. The van der Waals surface area contributed by atoms with Crippen molar-refractivity contribution >= 4 is 94.3 Å². The fourth-order valence-corrected chi connectivity index (χ4v) is 4.86. The smallest absolute Gasteiger partial charge is 0.870 e. The van der Waals surface area contributed by atoms with E-state index in [1.165, 1.54) is 18.2 Å². The van der Waals surface area contributed by atoms with Gasteiger partial charge in [-0.2, -0.15) is 0 Å². The van der Waals surface area contributed by atoms with Crippen molar-refractivity contribution in [3.05, 3.63) is 73.0 Å². The molecule has 3 aromatic carbocycles. The summed E-state index contributed by atoms with van der Waals surface area (Å²) < 4.78 is 35.1. The van der Waals surface area contributed by atoms with Gasteiger partial charge in [0.1, 0.15) is 10.1 Å². The van der Waals surface area contributed by atoms with E-state index in [1.807, 2.05) is 0 Å². The van der Waals surface area contributed by atoms with E-state index in [9.17, 15) is 22.6 Å². The molecule has 5 aromatic rings. The molecule has 0 atom stereocenters. The molecule has 0 fully saturated rings. The van der Waals surface area contributed by atoms with E-state index >= 15 is 0 Å². The number of aromatic amines is 2. The average Bonchev–Trinajstić information content (AvgIpc) is 2.66. The van der Waals surface area contributed by atoms with Gasteiger partial charge >= 0.3 is 17.4 Å². The summed E-state index contributed by atoms with van der Waals surface area (Å²) in [6.45, 7) is 0. The van der Waals surface area contributed by atoms with Crippen molar-refractivity contribution in [2.45, 2.75) is 4.90 Å². The van der Waals surface area contributed by atoms with Crippen molar-refractivity contribution in [2.24, 2.45) is 0 Å². The topological polar surface area (TPSA) is 183 Å². The number of nitrogens with one attached hydrogen (secondary N) is 2. The minimum atomic E-state index is -4.95. The Morgan fingerprint density at radius 3 is 1.82 bits per heavy atom. The van der Waals surface area contributed by atoms with Crippen LogP contribution in [0.3, 0.4) is 0 Å². The molecule has 0 aliphatic rings. The number of benzene rings is 3. The van der Waals surface area contributed by atoms with Crippen LogP contribution >= 0.6 is 23.2 Å². The average molecular weight is 521 g/mol. The van der Waals surface area contributed by atoms with Crippen molar-refractivity contribution < 1.29 is 23.9 Å². The normalized spacial score (nSPS) is 11.2. The molecule has 0 radical (unpaired) electrons. The minimum absolute atomic E-state index is 0. The van der Waals surface area contributed by atoms with Gasteiger partial charge in [-0.3, -0.25) is 9.59 Å². The van der Waals surface area contributed by atoms with E-state index < -0.39 is 20.4 Å². The number of hydrogen-bond donors (Lipinski definition) is 2. The van der Waals surface area contributed by atoms with Crippen LogP contribution in [0.5, 0.6) is 0 Å². The van der Waals surface area contributed by atoms with Gasteiger partial charge in [0.2, 0.25) is 0 Å².